The first-order valence-electron chi connectivity index (χ1n) is 12.5. The highest BCUT2D eigenvalue weighted by molar-refractivity contribution is 7.15. The first-order chi connectivity index (χ1) is 18.5. The number of hydrogen-bond donors (Lipinski definition) is 2. The molecular weight excluding hydrogens is 520 g/mol. The third-order valence-corrected chi connectivity index (χ3v) is 8.74. The van der Waals surface area contributed by atoms with E-state index >= 15 is 0 Å². The van der Waals surface area contributed by atoms with E-state index < -0.39 is 0 Å². The highest BCUT2D eigenvalue weighted by Gasteiger charge is 2.30. The molecule has 196 valence electrons. The smallest absolute Gasteiger partial charge is 0.233 e. The molecule has 0 aromatic carbocycles. The van der Waals surface area contributed by atoms with Crippen LogP contribution in [0.3, 0.4) is 0 Å². The number of aromatic nitrogens is 6. The Kier molecular flexibility index (Phi) is 8.08. The number of amides is 2. The van der Waals surface area contributed by atoms with Crippen LogP contribution in [0.1, 0.15) is 72.0 Å². The fourth-order valence-corrected chi connectivity index (χ4v) is 6.31. The molecule has 4 atom stereocenters. The van der Waals surface area contributed by atoms with Crippen LogP contribution in [0.25, 0.3) is 0 Å². The molecule has 4 heterocycles. The average molecular weight is 549 g/mol. The fraction of sp³-hybridized carbons (Fsp3) is 0.385. The molecule has 1 aliphatic rings. The summed E-state index contributed by atoms with van der Waals surface area (Å²) in [4.78, 5) is 33.4. The van der Waals surface area contributed by atoms with Crippen molar-refractivity contribution in [3.63, 3.8) is 0 Å². The highest BCUT2D eigenvalue weighted by Crippen LogP contribution is 2.41. The van der Waals surface area contributed by atoms with Gasteiger partial charge in [0.05, 0.1) is 11.8 Å². The molecule has 0 bridgehead atoms. The van der Waals surface area contributed by atoms with E-state index in [4.69, 9.17) is 0 Å². The van der Waals surface area contributed by atoms with Crippen molar-refractivity contribution in [3.05, 3.63) is 70.2 Å². The number of carbonyl (C=O) groups excluding carboxylic acids is 2. The first kappa shape index (κ1) is 26.0. The molecule has 12 heteroatoms. The zero-order valence-electron chi connectivity index (χ0n) is 21.1. The molecule has 10 nitrogen and oxygen atoms in total. The topological polar surface area (TPSA) is 136 Å². The SMILES string of the molecule is C[C@H](C(=O)Nc1nnc([C@@H]2CC[C@H](Cc3nnc(NC(=O)[C@H](C)c4cccnc4)s3)C2)s1)c1cccnc1. The Balaban J connectivity index is 1.11. The zero-order valence-corrected chi connectivity index (χ0v) is 22.7. The zero-order chi connectivity index (χ0) is 26.5. The number of nitrogens with one attached hydrogen (secondary N) is 2. The molecular formula is C26H28N8O2S2. The van der Waals surface area contributed by atoms with E-state index in [0.717, 1.165) is 46.8 Å². The first-order valence-corrected chi connectivity index (χ1v) is 14.2. The van der Waals surface area contributed by atoms with Crippen LogP contribution < -0.4 is 10.6 Å². The van der Waals surface area contributed by atoms with Gasteiger partial charge >= 0.3 is 0 Å². The van der Waals surface area contributed by atoms with Crippen molar-refractivity contribution in [2.75, 3.05) is 10.6 Å². The van der Waals surface area contributed by atoms with Gasteiger partial charge in [0.25, 0.3) is 0 Å². The number of rotatable bonds is 9. The predicted molar refractivity (Wildman–Crippen MR) is 146 cm³/mol. The summed E-state index contributed by atoms with van der Waals surface area (Å²) in [5.41, 5.74) is 1.71. The minimum Gasteiger partial charge on any atom is -0.300 e. The van der Waals surface area contributed by atoms with E-state index in [1.807, 2.05) is 38.1 Å². The molecule has 0 spiro atoms. The minimum atomic E-state index is -0.327. The molecule has 0 unspecified atom stereocenters. The van der Waals surface area contributed by atoms with Gasteiger partial charge in [-0.05, 0) is 62.3 Å². The second-order valence-corrected chi connectivity index (χ2v) is 11.6. The third kappa shape index (κ3) is 6.25. The van der Waals surface area contributed by atoms with Crippen LogP contribution in [-0.4, -0.2) is 42.2 Å². The normalized spacial score (nSPS) is 18.6. The Morgan fingerprint density at radius 3 is 2.08 bits per heavy atom. The van der Waals surface area contributed by atoms with Gasteiger partial charge < -0.3 is 10.6 Å². The van der Waals surface area contributed by atoms with Gasteiger partial charge in [0.15, 0.2) is 0 Å². The number of hydrogen-bond acceptors (Lipinski definition) is 10. The lowest BCUT2D eigenvalue weighted by Gasteiger charge is -2.10. The second-order valence-electron chi connectivity index (χ2n) is 9.52. The van der Waals surface area contributed by atoms with Gasteiger partial charge in [0.2, 0.25) is 22.1 Å². The van der Waals surface area contributed by atoms with Crippen LogP contribution in [0.2, 0.25) is 0 Å². The largest absolute Gasteiger partial charge is 0.300 e. The summed E-state index contributed by atoms with van der Waals surface area (Å²) in [6, 6.07) is 7.41. The molecule has 2 N–H and O–H groups in total. The molecule has 0 aliphatic heterocycles. The van der Waals surface area contributed by atoms with Crippen molar-refractivity contribution in [1.82, 2.24) is 30.4 Å². The fourth-order valence-electron chi connectivity index (χ4n) is 4.56. The van der Waals surface area contributed by atoms with Gasteiger partial charge in [0.1, 0.15) is 10.0 Å². The minimum absolute atomic E-state index is 0.126. The molecule has 38 heavy (non-hydrogen) atoms. The molecule has 4 aromatic heterocycles. The van der Waals surface area contributed by atoms with E-state index in [9.17, 15) is 9.59 Å². The maximum absolute atomic E-state index is 12.6. The van der Waals surface area contributed by atoms with Crippen LogP contribution in [0, 0.1) is 5.92 Å². The van der Waals surface area contributed by atoms with Gasteiger partial charge in [-0.15, -0.1) is 20.4 Å². The summed E-state index contributed by atoms with van der Waals surface area (Å²) in [7, 11) is 0. The monoisotopic (exact) mass is 548 g/mol. The lowest BCUT2D eigenvalue weighted by atomic mass is 10.0. The van der Waals surface area contributed by atoms with Gasteiger partial charge in [0, 0.05) is 37.1 Å². The summed E-state index contributed by atoms with van der Waals surface area (Å²) in [5.74, 6) is -0.141. The lowest BCUT2D eigenvalue weighted by molar-refractivity contribution is -0.118. The number of nitrogens with zero attached hydrogens (tertiary/aromatic N) is 6. The van der Waals surface area contributed by atoms with Crippen LogP contribution in [-0.2, 0) is 16.0 Å². The Bertz CT molecular complexity index is 1380. The Morgan fingerprint density at radius 1 is 0.868 bits per heavy atom. The van der Waals surface area contributed by atoms with Gasteiger partial charge in [-0.2, -0.15) is 0 Å². The molecule has 1 saturated carbocycles. The van der Waals surface area contributed by atoms with Gasteiger partial charge in [-0.25, -0.2) is 0 Å². The van der Waals surface area contributed by atoms with Crippen molar-refractivity contribution < 1.29 is 9.59 Å². The molecule has 1 aliphatic carbocycles. The van der Waals surface area contributed by atoms with Crippen molar-refractivity contribution in [2.45, 2.75) is 57.3 Å². The summed E-state index contributed by atoms with van der Waals surface area (Å²) in [6.45, 7) is 3.69. The average Bonchev–Trinajstić information content (AvgIpc) is 3.71. The Labute approximate surface area is 228 Å². The van der Waals surface area contributed by atoms with E-state index in [2.05, 4.69) is 41.0 Å². The summed E-state index contributed by atoms with van der Waals surface area (Å²) in [6.07, 6.45) is 10.6. The summed E-state index contributed by atoms with van der Waals surface area (Å²) >= 11 is 2.87. The van der Waals surface area contributed by atoms with Gasteiger partial charge in [-0.3, -0.25) is 19.6 Å². The standard InChI is InChI=1S/C26H28N8O2S2/c1-15(19-5-3-9-27-13-19)22(35)29-25-33-31-21(37-25)12-17-7-8-18(11-17)24-32-34-26(38-24)30-23(36)16(2)20-6-4-10-28-14-20/h3-6,9-10,13-18H,7-8,11-12H2,1-2H3,(H,29,33,35)(H,30,34,36)/t15-,16+,17+,18-/m1/s1. The quantitative estimate of drug-likeness (QED) is 0.305. The molecule has 1 fully saturated rings. The number of pyridine rings is 2. The van der Waals surface area contributed by atoms with Crippen LogP contribution >= 0.6 is 22.7 Å². The van der Waals surface area contributed by atoms with Crippen molar-refractivity contribution >= 4 is 44.8 Å². The van der Waals surface area contributed by atoms with Crippen molar-refractivity contribution in [3.8, 4) is 0 Å². The van der Waals surface area contributed by atoms with Gasteiger partial charge in [-0.1, -0.05) is 34.8 Å². The van der Waals surface area contributed by atoms with Crippen LogP contribution in [0.15, 0.2) is 49.1 Å². The Hall–Kier alpha value is -3.64. The maximum atomic E-state index is 12.6. The van der Waals surface area contributed by atoms with Crippen LogP contribution in [0.5, 0.6) is 0 Å². The third-order valence-electron chi connectivity index (χ3n) is 6.88. The highest BCUT2D eigenvalue weighted by atomic mass is 32.1. The molecule has 0 radical (unpaired) electrons. The Morgan fingerprint density at radius 2 is 1.47 bits per heavy atom. The maximum Gasteiger partial charge on any atom is 0.233 e. The van der Waals surface area contributed by atoms with E-state index in [-0.39, 0.29) is 23.7 Å². The number of anilines is 2. The summed E-state index contributed by atoms with van der Waals surface area (Å²) < 4.78 is 0. The predicted octanol–water partition coefficient (Wildman–Crippen LogP) is 4.79. The van der Waals surface area contributed by atoms with Crippen LogP contribution in [0.4, 0.5) is 10.3 Å². The lowest BCUT2D eigenvalue weighted by Crippen LogP contribution is -2.18. The molecule has 0 saturated heterocycles. The summed E-state index contributed by atoms with van der Waals surface area (Å²) in [5, 5.41) is 25.7. The van der Waals surface area contributed by atoms with Crippen molar-refractivity contribution in [1.29, 1.82) is 0 Å². The molecule has 4 aromatic rings. The van der Waals surface area contributed by atoms with E-state index in [0.29, 0.717) is 22.1 Å². The van der Waals surface area contributed by atoms with E-state index in [1.165, 1.54) is 22.7 Å². The number of carbonyl (C=O) groups is 2. The van der Waals surface area contributed by atoms with E-state index in [1.54, 1.807) is 24.8 Å². The van der Waals surface area contributed by atoms with Crippen molar-refractivity contribution in [2.24, 2.45) is 5.92 Å². The molecule has 2 amide bonds. The second kappa shape index (κ2) is 11.8. The molecule has 5 rings (SSSR count).